The number of phenolic OH excluding ortho intramolecular Hbond substituents is 1. The Kier molecular flexibility index (Phi) is 7.53. The molecule has 0 aromatic heterocycles. The second-order valence-corrected chi connectivity index (χ2v) is 8.78. The van der Waals surface area contributed by atoms with Crippen molar-refractivity contribution in [2.45, 2.75) is 26.2 Å². The van der Waals surface area contributed by atoms with Crippen LogP contribution in [0.3, 0.4) is 0 Å². The van der Waals surface area contributed by atoms with Crippen molar-refractivity contribution in [3.63, 3.8) is 0 Å². The summed E-state index contributed by atoms with van der Waals surface area (Å²) in [5, 5.41) is 21.2. The smallest absolute Gasteiger partial charge is 0.404 e. The molecule has 0 aliphatic carbocycles. The minimum Gasteiger partial charge on any atom is -0.508 e. The summed E-state index contributed by atoms with van der Waals surface area (Å²) < 4.78 is 0. The molecule has 5 nitrogen and oxygen atoms in total. The molecule has 0 radical (unpaired) electrons. The number of carbonyl (C=O) groups is 1. The van der Waals surface area contributed by atoms with Crippen LogP contribution < -0.4 is 10.2 Å². The zero-order valence-corrected chi connectivity index (χ0v) is 19.6. The van der Waals surface area contributed by atoms with Crippen LogP contribution in [0.2, 0.25) is 0 Å². The molecule has 0 saturated carbocycles. The summed E-state index contributed by atoms with van der Waals surface area (Å²) in [5.41, 5.74) is 7.07. The van der Waals surface area contributed by atoms with Crippen LogP contribution in [-0.4, -0.2) is 35.9 Å². The maximum absolute atomic E-state index is 10.8. The van der Waals surface area contributed by atoms with E-state index in [4.69, 9.17) is 5.11 Å². The van der Waals surface area contributed by atoms with E-state index in [1.165, 1.54) is 22.4 Å². The molecule has 1 saturated heterocycles. The summed E-state index contributed by atoms with van der Waals surface area (Å²) in [6, 6.07) is 26.7. The van der Waals surface area contributed by atoms with Crippen LogP contribution in [0.25, 0.3) is 11.1 Å². The molecule has 1 heterocycles. The van der Waals surface area contributed by atoms with Gasteiger partial charge >= 0.3 is 6.09 Å². The number of hydrogen-bond acceptors (Lipinski definition) is 3. The van der Waals surface area contributed by atoms with Crippen LogP contribution in [0, 0.1) is 5.92 Å². The Morgan fingerprint density at radius 3 is 2.03 bits per heavy atom. The zero-order valence-electron chi connectivity index (χ0n) is 19.6. The molecule has 3 N–H and O–H groups in total. The molecule has 3 aromatic carbocycles. The van der Waals surface area contributed by atoms with Crippen molar-refractivity contribution in [1.82, 2.24) is 5.32 Å². The lowest BCUT2D eigenvalue weighted by Gasteiger charge is -2.33. The summed E-state index contributed by atoms with van der Waals surface area (Å²) >= 11 is 0. The number of rotatable bonds is 7. The van der Waals surface area contributed by atoms with Crippen LogP contribution in [0.15, 0.2) is 78.9 Å². The first-order valence-electron chi connectivity index (χ1n) is 11.9. The predicted molar refractivity (Wildman–Crippen MR) is 138 cm³/mol. The number of phenols is 1. The van der Waals surface area contributed by atoms with Gasteiger partial charge in [0.1, 0.15) is 5.75 Å². The lowest BCUT2D eigenvalue weighted by molar-refractivity contribution is 0.191. The second-order valence-electron chi connectivity index (χ2n) is 8.78. The van der Waals surface area contributed by atoms with E-state index < -0.39 is 6.09 Å². The maximum Gasteiger partial charge on any atom is 0.404 e. The van der Waals surface area contributed by atoms with Crippen molar-refractivity contribution < 1.29 is 15.0 Å². The molecule has 1 aliphatic rings. The highest BCUT2D eigenvalue weighted by molar-refractivity contribution is 5.98. The Labute approximate surface area is 201 Å². The summed E-state index contributed by atoms with van der Waals surface area (Å²) in [7, 11) is 0. The van der Waals surface area contributed by atoms with E-state index in [1.54, 1.807) is 12.1 Å². The average molecular weight is 457 g/mol. The van der Waals surface area contributed by atoms with Gasteiger partial charge in [-0.05, 0) is 77.3 Å². The van der Waals surface area contributed by atoms with Crippen LogP contribution >= 0.6 is 0 Å². The molecule has 0 bridgehead atoms. The van der Waals surface area contributed by atoms with Gasteiger partial charge in [-0.1, -0.05) is 61.5 Å². The molecule has 0 spiro atoms. The molecule has 0 atom stereocenters. The van der Waals surface area contributed by atoms with Crippen LogP contribution in [0.5, 0.6) is 5.75 Å². The molecule has 1 fully saturated rings. The van der Waals surface area contributed by atoms with Gasteiger partial charge in [-0.2, -0.15) is 0 Å². The van der Waals surface area contributed by atoms with Gasteiger partial charge in [0, 0.05) is 25.3 Å². The van der Waals surface area contributed by atoms with Gasteiger partial charge in [0.25, 0.3) is 0 Å². The van der Waals surface area contributed by atoms with Gasteiger partial charge in [0.05, 0.1) is 0 Å². The third-order valence-electron chi connectivity index (χ3n) is 6.61. The fraction of sp³-hybridized carbons (Fsp3) is 0.276. The van der Waals surface area contributed by atoms with Crippen LogP contribution in [-0.2, 0) is 0 Å². The van der Waals surface area contributed by atoms with E-state index in [-0.39, 0.29) is 5.75 Å². The minimum atomic E-state index is -0.947. The Morgan fingerprint density at radius 2 is 1.47 bits per heavy atom. The summed E-state index contributed by atoms with van der Waals surface area (Å²) in [5.74, 6) is 0.659. The summed E-state index contributed by atoms with van der Waals surface area (Å²) in [6.45, 7) is 4.56. The lowest BCUT2D eigenvalue weighted by Crippen LogP contribution is -2.38. The van der Waals surface area contributed by atoms with Gasteiger partial charge in [0.15, 0.2) is 0 Å². The van der Waals surface area contributed by atoms with Crippen molar-refractivity contribution >= 4 is 22.9 Å². The number of aromatic hydroxyl groups is 1. The van der Waals surface area contributed by atoms with E-state index in [1.807, 2.05) is 18.2 Å². The van der Waals surface area contributed by atoms with E-state index in [2.05, 4.69) is 65.7 Å². The zero-order chi connectivity index (χ0) is 23.9. The first kappa shape index (κ1) is 23.4. The molecule has 5 heteroatoms. The monoisotopic (exact) mass is 456 g/mol. The Hall–Kier alpha value is -3.73. The van der Waals surface area contributed by atoms with E-state index >= 15 is 0 Å². The number of nitrogens with zero attached hydrogens (tertiary/aromatic N) is 1. The highest BCUT2D eigenvalue weighted by Crippen LogP contribution is 2.36. The first-order valence-corrected chi connectivity index (χ1v) is 11.9. The van der Waals surface area contributed by atoms with Crippen LogP contribution in [0.4, 0.5) is 10.5 Å². The van der Waals surface area contributed by atoms with Gasteiger partial charge in [-0.25, -0.2) is 4.79 Å². The number of amides is 1. The number of carboxylic acid groups (broad SMARTS) is 1. The second kappa shape index (κ2) is 10.9. The van der Waals surface area contributed by atoms with Crippen molar-refractivity contribution in [3.05, 3.63) is 95.6 Å². The number of nitrogens with one attached hydrogen (secondary N) is 1. The van der Waals surface area contributed by atoms with Gasteiger partial charge < -0.3 is 20.4 Å². The fourth-order valence-electron chi connectivity index (χ4n) is 4.77. The standard InChI is InChI=1S/C29H32N2O3/c1-2-27(22-6-4-3-5-7-22)28(24-10-14-26(32)15-11-24)23-8-12-25(13-9-23)31-18-16-21(17-19-31)20-30-29(33)34/h3-15,21,30,32H,2,16-20H2,1H3,(H,33,34). The minimum absolute atomic E-state index is 0.262. The number of piperidine rings is 1. The number of hydrogen-bond donors (Lipinski definition) is 3. The molecule has 4 rings (SSSR count). The highest BCUT2D eigenvalue weighted by Gasteiger charge is 2.20. The molecular weight excluding hydrogens is 424 g/mol. The predicted octanol–water partition coefficient (Wildman–Crippen LogP) is 6.25. The number of allylic oxidation sites excluding steroid dienone is 1. The molecular formula is C29H32N2O3. The van der Waals surface area contributed by atoms with Gasteiger partial charge in [0.2, 0.25) is 0 Å². The molecule has 3 aromatic rings. The summed E-state index contributed by atoms with van der Waals surface area (Å²) in [4.78, 5) is 13.1. The fourth-order valence-corrected chi connectivity index (χ4v) is 4.77. The van der Waals surface area contributed by atoms with Crippen molar-refractivity contribution in [1.29, 1.82) is 0 Å². The largest absolute Gasteiger partial charge is 0.508 e. The SMILES string of the molecule is CCC(=C(c1ccc(O)cc1)c1ccc(N2CCC(CNC(=O)O)CC2)cc1)c1ccccc1. The number of anilines is 1. The molecule has 0 unspecified atom stereocenters. The molecule has 34 heavy (non-hydrogen) atoms. The lowest BCUT2D eigenvalue weighted by atomic mass is 9.88. The van der Waals surface area contributed by atoms with Crippen molar-refractivity contribution in [3.8, 4) is 5.75 Å². The van der Waals surface area contributed by atoms with E-state index in [0.717, 1.165) is 43.5 Å². The Morgan fingerprint density at radius 1 is 0.882 bits per heavy atom. The topological polar surface area (TPSA) is 72.8 Å². The first-order chi connectivity index (χ1) is 16.5. The molecule has 176 valence electrons. The highest BCUT2D eigenvalue weighted by atomic mass is 16.4. The third kappa shape index (κ3) is 5.60. The van der Waals surface area contributed by atoms with Crippen LogP contribution in [0.1, 0.15) is 42.9 Å². The van der Waals surface area contributed by atoms with E-state index in [9.17, 15) is 9.90 Å². The van der Waals surface area contributed by atoms with Crippen molar-refractivity contribution in [2.24, 2.45) is 5.92 Å². The van der Waals surface area contributed by atoms with Gasteiger partial charge in [-0.3, -0.25) is 0 Å². The van der Waals surface area contributed by atoms with Crippen molar-refractivity contribution in [2.75, 3.05) is 24.5 Å². The maximum atomic E-state index is 10.8. The Balaban J connectivity index is 1.60. The molecule has 1 amide bonds. The number of benzene rings is 3. The normalized spacial score (nSPS) is 15.0. The average Bonchev–Trinajstić information content (AvgIpc) is 2.88. The Bertz CT molecular complexity index is 1110. The van der Waals surface area contributed by atoms with Gasteiger partial charge in [-0.15, -0.1) is 0 Å². The summed E-state index contributed by atoms with van der Waals surface area (Å²) in [6.07, 6.45) is 1.90. The molecule has 1 aliphatic heterocycles. The van der Waals surface area contributed by atoms with E-state index in [0.29, 0.717) is 12.5 Å². The quantitative estimate of drug-likeness (QED) is 0.368. The third-order valence-corrected chi connectivity index (χ3v) is 6.61.